The first-order chi connectivity index (χ1) is 10.7. The minimum atomic E-state index is 0.558. The molecule has 0 aliphatic carbocycles. The zero-order valence-corrected chi connectivity index (χ0v) is 12.7. The Balaban J connectivity index is 2.47. The van der Waals surface area contributed by atoms with Gasteiger partial charge in [0.25, 0.3) is 0 Å². The van der Waals surface area contributed by atoms with Crippen molar-refractivity contribution in [1.82, 2.24) is 0 Å². The van der Waals surface area contributed by atoms with Crippen LogP contribution in [0.15, 0.2) is 49.0 Å². The molecule has 0 spiro atoms. The van der Waals surface area contributed by atoms with Crippen molar-refractivity contribution in [3.8, 4) is 17.6 Å². The normalized spacial score (nSPS) is 10.7. The lowest BCUT2D eigenvalue weighted by Gasteiger charge is -2.08. The number of hydrogen-bond acceptors (Lipinski definition) is 3. The van der Waals surface area contributed by atoms with Gasteiger partial charge in [-0.1, -0.05) is 36.9 Å². The molecule has 2 aromatic carbocycles. The van der Waals surface area contributed by atoms with Crippen molar-refractivity contribution >= 4 is 17.7 Å². The molecule has 0 bridgehead atoms. The lowest BCUT2D eigenvalue weighted by atomic mass is 10.0. The van der Waals surface area contributed by atoms with Crippen molar-refractivity contribution in [2.24, 2.45) is 0 Å². The van der Waals surface area contributed by atoms with Gasteiger partial charge in [0.2, 0.25) is 0 Å². The molecule has 0 radical (unpaired) electrons. The van der Waals surface area contributed by atoms with Crippen LogP contribution in [0.4, 0.5) is 0 Å². The number of rotatable bonds is 5. The highest BCUT2D eigenvalue weighted by atomic mass is 16.5. The highest BCUT2D eigenvalue weighted by Gasteiger charge is 2.06. The van der Waals surface area contributed by atoms with E-state index in [-0.39, 0.29) is 0 Å². The van der Waals surface area contributed by atoms with Crippen LogP contribution in [-0.2, 0) is 0 Å². The summed E-state index contributed by atoms with van der Waals surface area (Å²) in [4.78, 5) is 0. The summed E-state index contributed by atoms with van der Waals surface area (Å²) in [5, 5.41) is 9.45. The minimum absolute atomic E-state index is 0.558. The average molecular weight is 291 g/mol. The molecule has 0 atom stereocenters. The first-order valence-electron chi connectivity index (χ1n) is 6.78. The van der Waals surface area contributed by atoms with E-state index in [1.807, 2.05) is 42.5 Å². The van der Waals surface area contributed by atoms with Gasteiger partial charge >= 0.3 is 0 Å². The third kappa shape index (κ3) is 3.36. The van der Waals surface area contributed by atoms with E-state index in [0.29, 0.717) is 17.1 Å². The number of nitriles is 1. The summed E-state index contributed by atoms with van der Waals surface area (Å²) in [5.74, 6) is 1.41. The summed E-state index contributed by atoms with van der Waals surface area (Å²) in [6, 6.07) is 15.4. The summed E-state index contributed by atoms with van der Waals surface area (Å²) < 4.78 is 10.6. The molecule has 0 aliphatic heterocycles. The minimum Gasteiger partial charge on any atom is -0.497 e. The predicted molar refractivity (Wildman–Crippen MR) is 89.6 cm³/mol. The third-order valence-corrected chi connectivity index (χ3v) is 3.31. The fraction of sp³-hybridized carbons (Fsp3) is 0.105. The van der Waals surface area contributed by atoms with E-state index < -0.39 is 0 Å². The molecule has 0 heterocycles. The molecule has 0 fully saturated rings. The van der Waals surface area contributed by atoms with Gasteiger partial charge in [0.1, 0.15) is 11.5 Å². The van der Waals surface area contributed by atoms with E-state index in [2.05, 4.69) is 12.6 Å². The van der Waals surface area contributed by atoms with Crippen LogP contribution in [-0.4, -0.2) is 14.2 Å². The van der Waals surface area contributed by atoms with Crippen molar-refractivity contribution < 1.29 is 9.47 Å². The molecule has 110 valence electrons. The third-order valence-electron chi connectivity index (χ3n) is 3.31. The monoisotopic (exact) mass is 291 g/mol. The van der Waals surface area contributed by atoms with Gasteiger partial charge in [-0.05, 0) is 35.4 Å². The first kappa shape index (κ1) is 15.4. The predicted octanol–water partition coefficient (Wildman–Crippen LogP) is 4.41. The van der Waals surface area contributed by atoms with Crippen LogP contribution < -0.4 is 9.47 Å². The van der Waals surface area contributed by atoms with Crippen LogP contribution in [0.1, 0.15) is 16.7 Å². The van der Waals surface area contributed by atoms with Crippen LogP contribution in [0.2, 0.25) is 0 Å². The fourth-order valence-corrected chi connectivity index (χ4v) is 2.09. The van der Waals surface area contributed by atoms with E-state index >= 15 is 0 Å². The van der Waals surface area contributed by atoms with Gasteiger partial charge in [-0.25, -0.2) is 0 Å². The maximum Gasteiger partial charge on any atom is 0.126 e. The van der Waals surface area contributed by atoms with Crippen molar-refractivity contribution in [2.75, 3.05) is 14.2 Å². The zero-order chi connectivity index (χ0) is 15.9. The Morgan fingerprint density at radius 2 is 1.82 bits per heavy atom. The van der Waals surface area contributed by atoms with Crippen LogP contribution >= 0.6 is 0 Å². The lowest BCUT2D eigenvalue weighted by Crippen LogP contribution is -1.90. The molecule has 3 heteroatoms. The Hall–Kier alpha value is -2.99. The van der Waals surface area contributed by atoms with Crippen LogP contribution in [0, 0.1) is 11.3 Å². The van der Waals surface area contributed by atoms with E-state index in [1.165, 1.54) is 0 Å². The molecule has 0 N–H and O–H groups in total. The van der Waals surface area contributed by atoms with Gasteiger partial charge in [-0.3, -0.25) is 0 Å². The Morgan fingerprint density at radius 1 is 1.09 bits per heavy atom. The number of ether oxygens (including phenoxy) is 2. The molecule has 3 nitrogen and oxygen atoms in total. The molecule has 0 unspecified atom stereocenters. The summed E-state index contributed by atoms with van der Waals surface area (Å²) in [7, 11) is 3.21. The Bertz CT molecular complexity index is 737. The van der Waals surface area contributed by atoms with Crippen LogP contribution in [0.5, 0.6) is 11.5 Å². The van der Waals surface area contributed by atoms with Crippen LogP contribution in [0.3, 0.4) is 0 Å². The molecule has 2 aromatic rings. The highest BCUT2D eigenvalue weighted by Crippen LogP contribution is 2.28. The second-order valence-electron chi connectivity index (χ2n) is 4.60. The summed E-state index contributed by atoms with van der Waals surface area (Å²) in [6.45, 7) is 3.73. The molecule has 2 rings (SSSR count). The second-order valence-corrected chi connectivity index (χ2v) is 4.60. The van der Waals surface area contributed by atoms with Gasteiger partial charge in [0.05, 0.1) is 25.9 Å². The lowest BCUT2D eigenvalue weighted by molar-refractivity contribution is 0.402. The molecule has 0 saturated heterocycles. The van der Waals surface area contributed by atoms with Crippen molar-refractivity contribution in [1.29, 1.82) is 5.26 Å². The quantitative estimate of drug-likeness (QED) is 0.605. The standard InChI is InChI=1S/C19H17NO2/c1-4-14-5-7-15(8-6-14)17(13-20)11-16-12-18(21-2)9-10-19(16)22-3/h4-12H,1H2,2-3H3/b17-11+. The number of hydrogen-bond donors (Lipinski definition) is 0. The number of benzene rings is 2. The molecular formula is C19H17NO2. The zero-order valence-electron chi connectivity index (χ0n) is 12.7. The van der Waals surface area contributed by atoms with E-state index in [9.17, 15) is 5.26 Å². The van der Waals surface area contributed by atoms with Gasteiger partial charge < -0.3 is 9.47 Å². The van der Waals surface area contributed by atoms with Gasteiger partial charge in [-0.2, -0.15) is 5.26 Å². The van der Waals surface area contributed by atoms with Gasteiger partial charge in [0.15, 0.2) is 0 Å². The molecule has 22 heavy (non-hydrogen) atoms. The van der Waals surface area contributed by atoms with Crippen LogP contribution in [0.25, 0.3) is 17.7 Å². The largest absolute Gasteiger partial charge is 0.497 e. The molecule has 0 amide bonds. The fourth-order valence-electron chi connectivity index (χ4n) is 2.09. The van der Waals surface area contributed by atoms with E-state index in [4.69, 9.17) is 9.47 Å². The number of allylic oxidation sites excluding steroid dienone is 1. The van der Waals surface area contributed by atoms with Gasteiger partial charge in [-0.15, -0.1) is 0 Å². The number of methoxy groups -OCH3 is 2. The van der Waals surface area contributed by atoms with Gasteiger partial charge in [0, 0.05) is 5.56 Å². The highest BCUT2D eigenvalue weighted by molar-refractivity contribution is 5.91. The SMILES string of the molecule is C=Cc1ccc(/C(C#N)=C/c2cc(OC)ccc2OC)cc1. The molecular weight excluding hydrogens is 274 g/mol. The Kier molecular flexibility index (Phi) is 5.00. The Morgan fingerprint density at radius 3 is 2.36 bits per heavy atom. The molecule has 0 aliphatic rings. The smallest absolute Gasteiger partial charge is 0.126 e. The van der Waals surface area contributed by atoms with E-state index in [1.54, 1.807) is 26.4 Å². The van der Waals surface area contributed by atoms with Crippen molar-refractivity contribution in [3.63, 3.8) is 0 Å². The maximum absolute atomic E-state index is 9.45. The summed E-state index contributed by atoms with van der Waals surface area (Å²) in [5.41, 5.74) is 3.21. The maximum atomic E-state index is 9.45. The topological polar surface area (TPSA) is 42.2 Å². The Labute approximate surface area is 130 Å². The molecule has 0 aromatic heterocycles. The second kappa shape index (κ2) is 7.14. The molecule has 0 saturated carbocycles. The average Bonchev–Trinajstić information content (AvgIpc) is 2.59. The summed E-state index contributed by atoms with van der Waals surface area (Å²) in [6.07, 6.45) is 3.56. The summed E-state index contributed by atoms with van der Waals surface area (Å²) >= 11 is 0. The van der Waals surface area contributed by atoms with Crippen molar-refractivity contribution in [2.45, 2.75) is 0 Å². The first-order valence-corrected chi connectivity index (χ1v) is 6.78. The van der Waals surface area contributed by atoms with E-state index in [0.717, 1.165) is 16.7 Å². The number of nitrogens with zero attached hydrogens (tertiary/aromatic N) is 1. The van der Waals surface area contributed by atoms with Crippen molar-refractivity contribution in [3.05, 3.63) is 65.7 Å².